The number of carboxylic acids is 1. The molecule has 0 aliphatic rings. The Morgan fingerprint density at radius 3 is 1.85 bits per heavy atom. The van der Waals surface area contributed by atoms with Gasteiger partial charge in [0.1, 0.15) is 33.5 Å². The number of hydrogen-bond donors (Lipinski definition) is 6. The van der Waals surface area contributed by atoms with E-state index in [-0.39, 0.29) is 24.3 Å². The number of carbonyl (C=O) groups is 1. The van der Waals surface area contributed by atoms with Gasteiger partial charge in [-0.2, -0.15) is 8.42 Å². The van der Waals surface area contributed by atoms with Gasteiger partial charge in [-0.25, -0.2) is 4.79 Å². The fourth-order valence-corrected chi connectivity index (χ4v) is 2.68. The molecule has 0 saturated heterocycles. The lowest BCUT2D eigenvalue weighted by Crippen LogP contribution is -2.01. The van der Waals surface area contributed by atoms with Gasteiger partial charge in [-0.1, -0.05) is 0 Å². The number of aromatic hydroxyl groups is 4. The predicted octanol–water partition coefficient (Wildman–Crippen LogP) is 1.17. The summed E-state index contributed by atoms with van der Waals surface area (Å²) in [6.45, 7) is -0.619. The zero-order valence-corrected chi connectivity index (χ0v) is 13.8. The lowest BCUT2D eigenvalue weighted by atomic mass is 10.1. The fraction of sp³-hybridized carbons (Fsp3) is 0.133. The highest BCUT2D eigenvalue weighted by Crippen LogP contribution is 2.32. The van der Waals surface area contributed by atoms with Gasteiger partial charge in [-0.3, -0.25) is 4.55 Å². The zero-order valence-electron chi connectivity index (χ0n) is 12.9. The first-order valence-electron chi connectivity index (χ1n) is 6.89. The monoisotopic (exact) mass is 386 g/mol. The van der Waals surface area contributed by atoms with Crippen molar-refractivity contribution in [2.24, 2.45) is 0 Å². The summed E-state index contributed by atoms with van der Waals surface area (Å²) in [5, 5.41) is 47.5. The Morgan fingerprint density at radius 1 is 0.846 bits per heavy atom. The van der Waals surface area contributed by atoms with Crippen molar-refractivity contribution >= 4 is 16.1 Å². The number of benzene rings is 2. The Bertz CT molecular complexity index is 965. The molecule has 2 rings (SSSR count). The SMILES string of the molecule is O=C(O)c1cc(O)c(COCc2cc(O)c(S(=O)(=O)O)cc2O)cc1O. The molecule has 2 aromatic carbocycles. The van der Waals surface area contributed by atoms with Crippen molar-refractivity contribution in [3.63, 3.8) is 0 Å². The molecule has 140 valence electrons. The minimum atomic E-state index is -4.72. The molecule has 0 unspecified atom stereocenters. The van der Waals surface area contributed by atoms with Crippen LogP contribution in [0.4, 0.5) is 0 Å². The normalized spacial score (nSPS) is 11.4. The van der Waals surface area contributed by atoms with Crippen LogP contribution >= 0.6 is 0 Å². The molecule has 6 N–H and O–H groups in total. The van der Waals surface area contributed by atoms with Gasteiger partial charge >= 0.3 is 5.97 Å². The zero-order chi connectivity index (χ0) is 19.6. The summed E-state index contributed by atoms with van der Waals surface area (Å²) in [5.41, 5.74) is -0.443. The molecule has 0 heterocycles. The van der Waals surface area contributed by atoms with Crippen molar-refractivity contribution in [1.29, 1.82) is 0 Å². The lowest BCUT2D eigenvalue weighted by Gasteiger charge is -2.11. The number of hydrogen-bond acceptors (Lipinski definition) is 8. The van der Waals surface area contributed by atoms with Crippen LogP contribution in [0.2, 0.25) is 0 Å². The van der Waals surface area contributed by atoms with Gasteiger partial charge in [0.05, 0.1) is 13.2 Å². The first-order chi connectivity index (χ1) is 12.0. The van der Waals surface area contributed by atoms with E-state index in [0.717, 1.165) is 18.2 Å². The molecule has 0 aliphatic carbocycles. The third kappa shape index (κ3) is 4.14. The van der Waals surface area contributed by atoms with Crippen LogP contribution in [0, 0.1) is 0 Å². The Hall–Kier alpha value is -3.02. The Kier molecular flexibility index (Phi) is 5.25. The minimum absolute atomic E-state index is 0.0132. The Morgan fingerprint density at radius 2 is 1.35 bits per heavy atom. The summed E-state index contributed by atoms with van der Waals surface area (Å²) >= 11 is 0. The van der Waals surface area contributed by atoms with Crippen molar-refractivity contribution in [3.8, 4) is 23.0 Å². The average Bonchev–Trinajstić information content (AvgIpc) is 2.51. The van der Waals surface area contributed by atoms with Crippen molar-refractivity contribution in [2.75, 3.05) is 0 Å². The first kappa shape index (κ1) is 19.3. The summed E-state index contributed by atoms with van der Waals surface area (Å²) < 4.78 is 36.1. The second-order valence-corrected chi connectivity index (χ2v) is 6.61. The first-order valence-corrected chi connectivity index (χ1v) is 8.33. The third-order valence-corrected chi connectivity index (χ3v) is 4.26. The fourth-order valence-electron chi connectivity index (χ4n) is 2.10. The number of phenolic OH excluding ortho intramolecular Hbond substituents is 3. The molecule has 10 nitrogen and oxygen atoms in total. The van der Waals surface area contributed by atoms with Gasteiger partial charge in [0.25, 0.3) is 10.1 Å². The summed E-state index contributed by atoms with van der Waals surface area (Å²) in [4.78, 5) is 9.97. The molecule has 26 heavy (non-hydrogen) atoms. The van der Waals surface area contributed by atoms with Crippen LogP contribution in [-0.2, 0) is 28.1 Å². The highest BCUT2D eigenvalue weighted by atomic mass is 32.2. The van der Waals surface area contributed by atoms with Crippen molar-refractivity contribution in [1.82, 2.24) is 0 Å². The Balaban J connectivity index is 2.15. The summed E-state index contributed by atoms with van der Waals surface area (Å²) in [6, 6.07) is 3.37. The summed E-state index contributed by atoms with van der Waals surface area (Å²) in [5.74, 6) is -3.80. The van der Waals surface area contributed by atoms with Crippen LogP contribution < -0.4 is 0 Å². The maximum atomic E-state index is 11.0. The van der Waals surface area contributed by atoms with E-state index in [1.807, 2.05) is 0 Å². The molecule has 0 atom stereocenters. The number of ether oxygens (including phenoxy) is 1. The molecule has 0 bridgehead atoms. The van der Waals surface area contributed by atoms with Crippen molar-refractivity contribution in [2.45, 2.75) is 18.1 Å². The van der Waals surface area contributed by atoms with E-state index in [4.69, 9.17) is 14.4 Å². The quantitative estimate of drug-likeness (QED) is 0.311. The smallest absolute Gasteiger partial charge is 0.339 e. The predicted molar refractivity (Wildman–Crippen MR) is 84.8 cm³/mol. The van der Waals surface area contributed by atoms with Crippen LogP contribution in [0.5, 0.6) is 23.0 Å². The second kappa shape index (κ2) is 7.07. The van der Waals surface area contributed by atoms with Crippen LogP contribution in [0.15, 0.2) is 29.2 Å². The summed E-state index contributed by atoms with van der Waals surface area (Å²) in [7, 11) is -4.72. The number of rotatable bonds is 6. The van der Waals surface area contributed by atoms with E-state index in [1.165, 1.54) is 0 Å². The van der Waals surface area contributed by atoms with E-state index in [9.17, 15) is 33.6 Å². The van der Waals surface area contributed by atoms with Gasteiger partial charge in [0, 0.05) is 17.2 Å². The lowest BCUT2D eigenvalue weighted by molar-refractivity contribution is 0.0692. The molecule has 11 heteroatoms. The highest BCUT2D eigenvalue weighted by Gasteiger charge is 2.19. The van der Waals surface area contributed by atoms with Gasteiger partial charge in [0.15, 0.2) is 0 Å². The molecule has 0 amide bonds. The maximum Gasteiger partial charge on any atom is 0.339 e. The largest absolute Gasteiger partial charge is 0.508 e. The van der Waals surface area contributed by atoms with E-state index in [1.54, 1.807) is 0 Å². The van der Waals surface area contributed by atoms with Crippen LogP contribution in [0.1, 0.15) is 21.5 Å². The maximum absolute atomic E-state index is 11.0. The molecule has 0 spiro atoms. The van der Waals surface area contributed by atoms with Crippen LogP contribution in [0.25, 0.3) is 0 Å². The van der Waals surface area contributed by atoms with Crippen molar-refractivity contribution in [3.05, 3.63) is 41.0 Å². The van der Waals surface area contributed by atoms with Crippen LogP contribution in [0.3, 0.4) is 0 Å². The molecule has 0 fully saturated rings. The molecule has 0 radical (unpaired) electrons. The molecule has 0 aliphatic heterocycles. The molecule has 0 aromatic heterocycles. The number of phenols is 4. The van der Waals surface area contributed by atoms with Gasteiger partial charge in [0.2, 0.25) is 0 Å². The van der Waals surface area contributed by atoms with E-state index >= 15 is 0 Å². The average molecular weight is 386 g/mol. The van der Waals surface area contributed by atoms with Gasteiger partial charge in [-0.05, 0) is 18.2 Å². The van der Waals surface area contributed by atoms with Gasteiger partial charge in [-0.15, -0.1) is 0 Å². The Labute approximate surface area is 146 Å². The summed E-state index contributed by atoms with van der Waals surface area (Å²) in [6.07, 6.45) is 0. The molecule has 2 aromatic rings. The highest BCUT2D eigenvalue weighted by molar-refractivity contribution is 7.86. The topological polar surface area (TPSA) is 182 Å². The minimum Gasteiger partial charge on any atom is -0.508 e. The third-order valence-electron chi connectivity index (χ3n) is 3.38. The molecule has 0 saturated carbocycles. The van der Waals surface area contributed by atoms with E-state index in [2.05, 4.69) is 0 Å². The number of aromatic carboxylic acids is 1. The second-order valence-electron chi connectivity index (χ2n) is 5.22. The van der Waals surface area contributed by atoms with E-state index in [0.29, 0.717) is 6.07 Å². The molecular weight excluding hydrogens is 372 g/mol. The standard InChI is InChI=1S/C15H14O10S/c16-10-3-9(15(20)21)12(18)1-7(10)5-25-6-8-2-13(19)14(4-11(8)17)26(22,23)24/h1-4,16-19H,5-6H2,(H,20,21)(H,22,23,24). The molecular formula is C15H14O10S. The van der Waals surface area contributed by atoms with Crippen molar-refractivity contribution < 1.29 is 48.0 Å². The van der Waals surface area contributed by atoms with Crippen LogP contribution in [-0.4, -0.2) is 44.5 Å². The van der Waals surface area contributed by atoms with E-state index < -0.39 is 49.5 Å². The van der Waals surface area contributed by atoms with Gasteiger partial charge < -0.3 is 30.3 Å². The number of carboxylic acid groups (broad SMARTS) is 1.